The van der Waals surface area contributed by atoms with Crippen LogP contribution >= 0.6 is 0 Å². The van der Waals surface area contributed by atoms with Gasteiger partial charge in [-0.25, -0.2) is 0 Å². The van der Waals surface area contributed by atoms with Crippen LogP contribution in [0, 0.1) is 11.8 Å². The van der Waals surface area contributed by atoms with E-state index < -0.39 is 5.97 Å². The minimum atomic E-state index is -0.792. The monoisotopic (exact) mass is 361 g/mol. The van der Waals surface area contributed by atoms with Crippen molar-refractivity contribution in [2.75, 3.05) is 26.9 Å². The summed E-state index contributed by atoms with van der Waals surface area (Å²) >= 11 is 0. The van der Waals surface area contributed by atoms with Gasteiger partial charge >= 0.3 is 5.97 Å². The highest BCUT2D eigenvalue weighted by atomic mass is 16.5. The summed E-state index contributed by atoms with van der Waals surface area (Å²) in [6, 6.07) is 8.02. The van der Waals surface area contributed by atoms with Gasteiger partial charge in [0.25, 0.3) is 0 Å². The van der Waals surface area contributed by atoms with E-state index in [4.69, 9.17) is 14.6 Å². The lowest BCUT2D eigenvalue weighted by Gasteiger charge is -2.38. The number of ether oxygens (including phenoxy) is 2. The fourth-order valence-electron chi connectivity index (χ4n) is 4.12. The van der Waals surface area contributed by atoms with Crippen LogP contribution in [0.3, 0.4) is 0 Å². The Hall–Kier alpha value is -2.08. The topological polar surface area (TPSA) is 84.9 Å². The summed E-state index contributed by atoms with van der Waals surface area (Å²) in [5.74, 6) is -0.577. The van der Waals surface area contributed by atoms with Crippen molar-refractivity contribution in [3.63, 3.8) is 0 Å². The summed E-state index contributed by atoms with van der Waals surface area (Å²) in [6.07, 6.45) is 3.39. The zero-order chi connectivity index (χ0) is 18.6. The van der Waals surface area contributed by atoms with Crippen LogP contribution < -0.4 is 10.1 Å². The van der Waals surface area contributed by atoms with Crippen LogP contribution in [0.2, 0.25) is 0 Å². The molecule has 0 unspecified atom stereocenters. The van der Waals surface area contributed by atoms with Crippen molar-refractivity contribution in [3.8, 4) is 5.75 Å². The minimum Gasteiger partial charge on any atom is -0.497 e. The highest BCUT2D eigenvalue weighted by Gasteiger charge is 2.37. The van der Waals surface area contributed by atoms with Crippen LogP contribution in [0.4, 0.5) is 0 Å². The number of carboxylic acids is 1. The molecule has 142 valence electrons. The Morgan fingerprint density at radius 2 is 1.85 bits per heavy atom. The van der Waals surface area contributed by atoms with Crippen LogP contribution in [0.5, 0.6) is 5.75 Å². The summed E-state index contributed by atoms with van der Waals surface area (Å²) in [6.45, 7) is 1.90. The first-order chi connectivity index (χ1) is 12.5. The molecule has 1 amide bonds. The smallest absolute Gasteiger partial charge is 0.306 e. The second-order valence-electron chi connectivity index (χ2n) is 7.38. The van der Waals surface area contributed by atoms with Gasteiger partial charge < -0.3 is 19.9 Å². The largest absolute Gasteiger partial charge is 0.497 e. The van der Waals surface area contributed by atoms with Gasteiger partial charge in [-0.1, -0.05) is 12.1 Å². The Bertz CT molecular complexity index is 636. The predicted octanol–water partition coefficient (Wildman–Crippen LogP) is 2.36. The number of rotatable bonds is 6. The molecule has 1 saturated heterocycles. The fraction of sp³-hybridized carbons (Fsp3) is 0.600. The number of nitrogens with one attached hydrogen (secondary N) is 1. The van der Waals surface area contributed by atoms with Crippen molar-refractivity contribution in [1.82, 2.24) is 5.32 Å². The van der Waals surface area contributed by atoms with E-state index in [0.29, 0.717) is 39.0 Å². The van der Waals surface area contributed by atoms with Gasteiger partial charge in [-0.05, 0) is 49.8 Å². The summed E-state index contributed by atoms with van der Waals surface area (Å²) in [5.41, 5.74) is 1.03. The first-order valence-electron chi connectivity index (χ1n) is 9.27. The summed E-state index contributed by atoms with van der Waals surface area (Å²) < 4.78 is 10.8. The van der Waals surface area contributed by atoms with Crippen molar-refractivity contribution in [3.05, 3.63) is 29.8 Å². The highest BCUT2D eigenvalue weighted by Crippen LogP contribution is 2.36. The maximum atomic E-state index is 12.6. The van der Waals surface area contributed by atoms with Crippen molar-refractivity contribution >= 4 is 11.9 Å². The van der Waals surface area contributed by atoms with Crippen molar-refractivity contribution in [2.45, 2.75) is 37.5 Å². The standard InChI is InChI=1S/C20H27NO5/c1-25-17-6-4-16(5-7-17)20(8-10-26-11-9-20)13-21-18(22)14-2-3-15(12-14)19(23)24/h4-7,14-15H,2-3,8-13H2,1H3,(H,21,22)(H,23,24)/t14-,15+/m1/s1. The molecule has 1 aromatic rings. The van der Waals surface area contributed by atoms with E-state index in [1.807, 2.05) is 12.1 Å². The van der Waals surface area contributed by atoms with E-state index in [1.54, 1.807) is 7.11 Å². The van der Waals surface area contributed by atoms with Gasteiger partial charge in [0.2, 0.25) is 5.91 Å². The van der Waals surface area contributed by atoms with E-state index in [-0.39, 0.29) is 23.2 Å². The Labute approximate surface area is 153 Å². The summed E-state index contributed by atoms with van der Waals surface area (Å²) in [5, 5.41) is 12.2. The maximum Gasteiger partial charge on any atom is 0.306 e. The molecule has 1 aromatic carbocycles. The number of hydrogen-bond acceptors (Lipinski definition) is 4. The molecule has 2 atom stereocenters. The average Bonchev–Trinajstić information content (AvgIpc) is 3.18. The van der Waals surface area contributed by atoms with E-state index >= 15 is 0 Å². The quantitative estimate of drug-likeness (QED) is 0.812. The number of carboxylic acid groups (broad SMARTS) is 1. The van der Waals surface area contributed by atoms with Crippen molar-refractivity contribution in [1.29, 1.82) is 0 Å². The molecular formula is C20H27NO5. The van der Waals surface area contributed by atoms with Gasteiger partial charge in [0.05, 0.1) is 13.0 Å². The van der Waals surface area contributed by atoms with Gasteiger partial charge in [-0.2, -0.15) is 0 Å². The van der Waals surface area contributed by atoms with E-state index in [0.717, 1.165) is 18.6 Å². The van der Waals surface area contributed by atoms with Crippen molar-refractivity contribution in [2.24, 2.45) is 11.8 Å². The van der Waals surface area contributed by atoms with Crippen LogP contribution in [0.1, 0.15) is 37.7 Å². The first-order valence-corrected chi connectivity index (χ1v) is 9.27. The Morgan fingerprint density at radius 3 is 2.42 bits per heavy atom. The lowest BCUT2D eigenvalue weighted by atomic mass is 9.74. The predicted molar refractivity (Wildman–Crippen MR) is 96.2 cm³/mol. The number of hydrogen-bond donors (Lipinski definition) is 2. The summed E-state index contributed by atoms with van der Waals surface area (Å²) in [4.78, 5) is 23.7. The first kappa shape index (κ1) is 18.7. The Balaban J connectivity index is 1.67. The summed E-state index contributed by atoms with van der Waals surface area (Å²) in [7, 11) is 1.64. The molecule has 6 heteroatoms. The Kier molecular flexibility index (Phi) is 5.81. The minimum absolute atomic E-state index is 0.0203. The third-order valence-corrected chi connectivity index (χ3v) is 5.91. The molecule has 2 aliphatic rings. The molecule has 1 saturated carbocycles. The third kappa shape index (κ3) is 4.01. The van der Waals surface area contributed by atoms with E-state index in [2.05, 4.69) is 17.4 Å². The molecule has 0 spiro atoms. The second-order valence-corrected chi connectivity index (χ2v) is 7.38. The number of carbonyl (C=O) groups excluding carboxylic acids is 1. The second kappa shape index (κ2) is 8.08. The molecule has 1 heterocycles. The lowest BCUT2D eigenvalue weighted by Crippen LogP contribution is -2.45. The third-order valence-electron chi connectivity index (χ3n) is 5.91. The SMILES string of the molecule is COc1ccc(C2(CNC(=O)[C@@H]3CC[C@H](C(=O)O)C3)CCOCC2)cc1. The molecule has 26 heavy (non-hydrogen) atoms. The molecule has 6 nitrogen and oxygen atoms in total. The Morgan fingerprint density at radius 1 is 1.19 bits per heavy atom. The van der Waals surface area contributed by atoms with Crippen LogP contribution in [0.25, 0.3) is 0 Å². The zero-order valence-electron chi connectivity index (χ0n) is 15.2. The van der Waals surface area contributed by atoms with Crippen LogP contribution in [-0.2, 0) is 19.7 Å². The van der Waals surface area contributed by atoms with Crippen LogP contribution in [-0.4, -0.2) is 43.9 Å². The van der Waals surface area contributed by atoms with Crippen molar-refractivity contribution < 1.29 is 24.2 Å². The van der Waals surface area contributed by atoms with Gasteiger partial charge in [0, 0.05) is 31.1 Å². The molecule has 0 bridgehead atoms. The number of benzene rings is 1. The van der Waals surface area contributed by atoms with E-state index in [9.17, 15) is 9.59 Å². The molecule has 3 rings (SSSR count). The normalized spacial score (nSPS) is 24.8. The number of carbonyl (C=O) groups is 2. The average molecular weight is 361 g/mol. The van der Waals surface area contributed by atoms with Gasteiger partial charge in [-0.3, -0.25) is 9.59 Å². The van der Waals surface area contributed by atoms with Gasteiger partial charge in [-0.15, -0.1) is 0 Å². The van der Waals surface area contributed by atoms with Crippen LogP contribution in [0.15, 0.2) is 24.3 Å². The lowest BCUT2D eigenvalue weighted by molar-refractivity contribution is -0.141. The molecule has 1 aliphatic heterocycles. The fourth-order valence-corrected chi connectivity index (χ4v) is 4.12. The molecule has 0 radical (unpaired) electrons. The molecule has 0 aromatic heterocycles. The van der Waals surface area contributed by atoms with Gasteiger partial charge in [0.15, 0.2) is 0 Å². The number of methoxy groups -OCH3 is 1. The van der Waals surface area contributed by atoms with Gasteiger partial charge in [0.1, 0.15) is 5.75 Å². The molecule has 2 fully saturated rings. The maximum absolute atomic E-state index is 12.6. The van der Waals surface area contributed by atoms with E-state index in [1.165, 1.54) is 5.56 Å². The molecule has 1 aliphatic carbocycles. The molecular weight excluding hydrogens is 334 g/mol. The molecule has 2 N–H and O–H groups in total. The number of amides is 1. The number of aliphatic carboxylic acids is 1. The zero-order valence-corrected chi connectivity index (χ0v) is 15.2. The highest BCUT2D eigenvalue weighted by molar-refractivity contribution is 5.81.